The molecule has 0 saturated heterocycles. The van der Waals surface area contributed by atoms with E-state index in [4.69, 9.17) is 28.6 Å². The third kappa shape index (κ3) is 6.98. The third-order valence-electron chi connectivity index (χ3n) is 2.23. The molecular formula is C13H17ClN2O2S. The Balaban J connectivity index is 2.20. The van der Waals surface area contributed by atoms with Crippen LogP contribution in [0.4, 0.5) is 5.69 Å². The molecule has 104 valence electrons. The van der Waals surface area contributed by atoms with E-state index in [1.165, 1.54) is 0 Å². The van der Waals surface area contributed by atoms with Crippen molar-refractivity contribution in [3.05, 3.63) is 29.3 Å². The molecule has 0 unspecified atom stereocenters. The van der Waals surface area contributed by atoms with Gasteiger partial charge in [-0.25, -0.2) is 0 Å². The second-order valence-electron chi connectivity index (χ2n) is 3.80. The lowest BCUT2D eigenvalue weighted by Crippen LogP contribution is -2.29. The third-order valence-corrected chi connectivity index (χ3v) is 2.71. The minimum absolute atomic E-state index is 0.182. The van der Waals surface area contributed by atoms with E-state index >= 15 is 0 Å². The van der Waals surface area contributed by atoms with Gasteiger partial charge in [0.25, 0.3) is 0 Å². The number of anilines is 1. The standard InChI is InChI=1S/C13H17ClN2O2S/c1-2-18-12(17)7-4-8-15-13(19)16-11-6-3-5-10(14)9-11/h3,5-6,9H,2,4,7-8H2,1H3,(H2,15,16,19). The zero-order valence-electron chi connectivity index (χ0n) is 10.7. The summed E-state index contributed by atoms with van der Waals surface area (Å²) in [6.45, 7) is 2.83. The van der Waals surface area contributed by atoms with E-state index in [2.05, 4.69) is 10.6 Å². The van der Waals surface area contributed by atoms with Crippen molar-refractivity contribution in [1.82, 2.24) is 5.32 Å². The molecule has 0 heterocycles. The minimum Gasteiger partial charge on any atom is -0.466 e. The first kappa shape index (κ1) is 15.7. The molecule has 0 spiro atoms. The van der Waals surface area contributed by atoms with Gasteiger partial charge in [-0.15, -0.1) is 0 Å². The van der Waals surface area contributed by atoms with Crippen LogP contribution in [0.2, 0.25) is 5.02 Å². The predicted molar refractivity (Wildman–Crippen MR) is 81.5 cm³/mol. The lowest BCUT2D eigenvalue weighted by molar-refractivity contribution is -0.143. The van der Waals surface area contributed by atoms with Crippen molar-refractivity contribution in [2.45, 2.75) is 19.8 Å². The summed E-state index contributed by atoms with van der Waals surface area (Å²) in [6.07, 6.45) is 1.07. The number of carbonyl (C=O) groups is 1. The van der Waals surface area contributed by atoms with Crippen molar-refractivity contribution in [2.75, 3.05) is 18.5 Å². The number of nitrogens with one attached hydrogen (secondary N) is 2. The summed E-state index contributed by atoms with van der Waals surface area (Å²) >= 11 is 11.0. The minimum atomic E-state index is -0.182. The second kappa shape index (κ2) is 8.72. The van der Waals surface area contributed by atoms with Crippen molar-refractivity contribution >= 4 is 40.6 Å². The van der Waals surface area contributed by atoms with Crippen molar-refractivity contribution in [3.63, 3.8) is 0 Å². The number of hydrogen-bond donors (Lipinski definition) is 2. The molecule has 1 rings (SSSR count). The van der Waals surface area contributed by atoms with Crippen molar-refractivity contribution in [2.24, 2.45) is 0 Å². The van der Waals surface area contributed by atoms with E-state index in [1.807, 2.05) is 12.1 Å². The molecule has 6 heteroatoms. The van der Waals surface area contributed by atoms with E-state index in [1.54, 1.807) is 19.1 Å². The first-order chi connectivity index (χ1) is 9.11. The predicted octanol–water partition coefficient (Wildman–Crippen LogP) is 2.97. The smallest absolute Gasteiger partial charge is 0.305 e. The SMILES string of the molecule is CCOC(=O)CCCNC(=S)Nc1cccc(Cl)c1. The number of rotatable bonds is 6. The molecule has 0 aromatic heterocycles. The van der Waals surface area contributed by atoms with Crippen molar-refractivity contribution < 1.29 is 9.53 Å². The number of halogens is 1. The quantitative estimate of drug-likeness (QED) is 0.480. The Kier molecular flexibility index (Phi) is 7.22. The average Bonchev–Trinajstić information content (AvgIpc) is 2.35. The Morgan fingerprint density at radius 2 is 2.26 bits per heavy atom. The highest BCUT2D eigenvalue weighted by atomic mass is 35.5. The van der Waals surface area contributed by atoms with Crippen LogP contribution in [0.5, 0.6) is 0 Å². The highest BCUT2D eigenvalue weighted by molar-refractivity contribution is 7.80. The summed E-state index contributed by atoms with van der Waals surface area (Å²) in [5, 5.41) is 7.19. The highest BCUT2D eigenvalue weighted by Gasteiger charge is 2.02. The second-order valence-corrected chi connectivity index (χ2v) is 4.64. The molecule has 1 aromatic carbocycles. The molecule has 0 fully saturated rings. The number of ether oxygens (including phenoxy) is 1. The lowest BCUT2D eigenvalue weighted by atomic mass is 10.3. The van der Waals surface area contributed by atoms with E-state index < -0.39 is 0 Å². The first-order valence-electron chi connectivity index (χ1n) is 6.08. The Morgan fingerprint density at radius 1 is 1.47 bits per heavy atom. The van der Waals surface area contributed by atoms with Gasteiger partial charge in [-0.05, 0) is 43.8 Å². The van der Waals surface area contributed by atoms with Gasteiger partial charge in [0.2, 0.25) is 0 Å². The van der Waals surface area contributed by atoms with Crippen LogP contribution in [-0.2, 0) is 9.53 Å². The average molecular weight is 301 g/mol. The van der Waals surface area contributed by atoms with Crippen LogP contribution in [0.25, 0.3) is 0 Å². The zero-order chi connectivity index (χ0) is 14.1. The fourth-order valence-electron chi connectivity index (χ4n) is 1.41. The van der Waals surface area contributed by atoms with Crippen LogP contribution >= 0.6 is 23.8 Å². The lowest BCUT2D eigenvalue weighted by Gasteiger charge is -2.10. The number of hydrogen-bond acceptors (Lipinski definition) is 3. The summed E-state index contributed by atoms with van der Waals surface area (Å²) in [4.78, 5) is 11.1. The van der Waals surface area contributed by atoms with Gasteiger partial charge in [0.15, 0.2) is 5.11 Å². The monoisotopic (exact) mass is 300 g/mol. The van der Waals surface area contributed by atoms with Gasteiger partial charge in [0.1, 0.15) is 0 Å². The van der Waals surface area contributed by atoms with Gasteiger partial charge in [0, 0.05) is 23.7 Å². The normalized spacial score (nSPS) is 9.79. The van der Waals surface area contributed by atoms with Crippen molar-refractivity contribution in [3.8, 4) is 0 Å². The van der Waals surface area contributed by atoms with E-state index in [0.717, 1.165) is 5.69 Å². The van der Waals surface area contributed by atoms with E-state index in [0.29, 0.717) is 36.1 Å². The Labute approximate surface area is 123 Å². The molecular weight excluding hydrogens is 284 g/mol. The van der Waals surface area contributed by atoms with Gasteiger partial charge < -0.3 is 15.4 Å². The Bertz CT molecular complexity index is 440. The van der Waals surface area contributed by atoms with Gasteiger partial charge in [-0.2, -0.15) is 0 Å². The summed E-state index contributed by atoms with van der Waals surface area (Å²) < 4.78 is 4.83. The van der Waals surface area contributed by atoms with Gasteiger partial charge in [0.05, 0.1) is 6.61 Å². The fraction of sp³-hybridized carbons (Fsp3) is 0.385. The molecule has 0 aliphatic rings. The number of benzene rings is 1. The molecule has 0 bridgehead atoms. The van der Waals surface area contributed by atoms with Gasteiger partial charge >= 0.3 is 5.97 Å². The fourth-order valence-corrected chi connectivity index (χ4v) is 1.82. The van der Waals surface area contributed by atoms with Crippen LogP contribution in [0.1, 0.15) is 19.8 Å². The van der Waals surface area contributed by atoms with Gasteiger partial charge in [-0.1, -0.05) is 17.7 Å². The maximum absolute atomic E-state index is 11.1. The topological polar surface area (TPSA) is 50.4 Å². The van der Waals surface area contributed by atoms with Gasteiger partial charge in [-0.3, -0.25) is 4.79 Å². The molecule has 0 atom stereocenters. The van der Waals surface area contributed by atoms with Crippen LogP contribution < -0.4 is 10.6 Å². The Morgan fingerprint density at radius 3 is 2.95 bits per heavy atom. The van der Waals surface area contributed by atoms with Crippen LogP contribution in [0, 0.1) is 0 Å². The molecule has 4 nitrogen and oxygen atoms in total. The van der Waals surface area contributed by atoms with Crippen LogP contribution in [-0.4, -0.2) is 24.2 Å². The Hall–Kier alpha value is -1.33. The number of thiocarbonyl (C=S) groups is 1. The maximum atomic E-state index is 11.1. The highest BCUT2D eigenvalue weighted by Crippen LogP contribution is 2.14. The van der Waals surface area contributed by atoms with Crippen molar-refractivity contribution in [1.29, 1.82) is 0 Å². The van der Waals surface area contributed by atoms with E-state index in [9.17, 15) is 4.79 Å². The molecule has 0 saturated carbocycles. The molecule has 19 heavy (non-hydrogen) atoms. The largest absolute Gasteiger partial charge is 0.466 e. The molecule has 0 amide bonds. The summed E-state index contributed by atoms with van der Waals surface area (Å²) in [7, 11) is 0. The van der Waals surface area contributed by atoms with E-state index in [-0.39, 0.29) is 5.97 Å². The molecule has 2 N–H and O–H groups in total. The van der Waals surface area contributed by atoms with Crippen LogP contribution in [0.3, 0.4) is 0 Å². The summed E-state index contributed by atoms with van der Waals surface area (Å²) in [5.41, 5.74) is 0.829. The first-order valence-corrected chi connectivity index (χ1v) is 6.86. The maximum Gasteiger partial charge on any atom is 0.305 e. The number of esters is 1. The van der Waals surface area contributed by atoms with Crippen LogP contribution in [0.15, 0.2) is 24.3 Å². The zero-order valence-corrected chi connectivity index (χ0v) is 12.3. The molecule has 0 aliphatic carbocycles. The molecule has 0 aliphatic heterocycles. The number of carbonyl (C=O) groups excluding carboxylic acids is 1. The summed E-state index contributed by atoms with van der Waals surface area (Å²) in [5.74, 6) is -0.182. The summed E-state index contributed by atoms with van der Waals surface area (Å²) in [6, 6.07) is 7.29. The molecule has 1 aromatic rings. The molecule has 0 radical (unpaired) electrons.